The van der Waals surface area contributed by atoms with Gasteiger partial charge in [0.05, 0.1) is 10.7 Å². The van der Waals surface area contributed by atoms with E-state index in [-0.39, 0.29) is 11.7 Å². The lowest BCUT2D eigenvalue weighted by Crippen LogP contribution is -2.05. The molecule has 1 amide bonds. The minimum atomic E-state index is -0.387. The topological polar surface area (TPSA) is 42.0 Å². The molecule has 1 aromatic carbocycles. The van der Waals surface area contributed by atoms with Crippen LogP contribution in [0.3, 0.4) is 0 Å². The number of carbonyl (C=O) groups is 1. The Kier molecular flexibility index (Phi) is 3.19. The van der Waals surface area contributed by atoms with Crippen LogP contribution in [0.4, 0.5) is 10.1 Å². The number of nitrogens with zero attached hydrogens (tertiary/aromatic N) is 1. The van der Waals surface area contributed by atoms with Gasteiger partial charge in [-0.15, -0.1) is 11.3 Å². The van der Waals surface area contributed by atoms with Gasteiger partial charge in [0.15, 0.2) is 0 Å². The number of amides is 1. The second-order valence-corrected chi connectivity index (χ2v) is 4.69. The SMILES string of the molecule is CC(=O)Nc1ccc(-c2csc(C)n2)c(F)c1. The monoisotopic (exact) mass is 250 g/mol. The highest BCUT2D eigenvalue weighted by molar-refractivity contribution is 7.09. The normalized spacial score (nSPS) is 10.3. The lowest BCUT2D eigenvalue weighted by molar-refractivity contribution is -0.114. The van der Waals surface area contributed by atoms with E-state index in [1.807, 2.05) is 12.3 Å². The third kappa shape index (κ3) is 2.68. The number of carbonyl (C=O) groups excluding carboxylic acids is 1. The van der Waals surface area contributed by atoms with Crippen molar-refractivity contribution in [3.05, 3.63) is 34.4 Å². The van der Waals surface area contributed by atoms with Crippen LogP contribution in [-0.4, -0.2) is 10.9 Å². The van der Waals surface area contributed by atoms with Gasteiger partial charge in [0.25, 0.3) is 0 Å². The van der Waals surface area contributed by atoms with E-state index >= 15 is 0 Å². The Morgan fingerprint density at radius 3 is 2.76 bits per heavy atom. The van der Waals surface area contributed by atoms with Crippen LogP contribution in [0.15, 0.2) is 23.6 Å². The molecule has 17 heavy (non-hydrogen) atoms. The Labute approximate surface area is 102 Å². The van der Waals surface area contributed by atoms with Crippen LogP contribution >= 0.6 is 11.3 Å². The fourth-order valence-corrected chi connectivity index (χ4v) is 2.10. The average Bonchev–Trinajstić information content (AvgIpc) is 2.64. The smallest absolute Gasteiger partial charge is 0.221 e. The first-order valence-corrected chi connectivity index (χ1v) is 5.94. The maximum absolute atomic E-state index is 13.8. The summed E-state index contributed by atoms with van der Waals surface area (Å²) in [6.45, 7) is 3.26. The first kappa shape index (κ1) is 11.7. The first-order chi connectivity index (χ1) is 8.06. The molecule has 0 unspecified atom stereocenters. The zero-order valence-corrected chi connectivity index (χ0v) is 10.3. The Morgan fingerprint density at radius 2 is 2.24 bits per heavy atom. The molecule has 0 bridgehead atoms. The number of halogens is 1. The quantitative estimate of drug-likeness (QED) is 0.889. The van der Waals surface area contributed by atoms with Crippen LogP contribution in [0.1, 0.15) is 11.9 Å². The van der Waals surface area contributed by atoms with E-state index in [2.05, 4.69) is 10.3 Å². The molecule has 0 aliphatic rings. The number of aryl methyl sites for hydroxylation is 1. The molecular weight excluding hydrogens is 239 g/mol. The van der Waals surface area contributed by atoms with E-state index in [1.165, 1.54) is 24.3 Å². The molecule has 1 N–H and O–H groups in total. The van der Waals surface area contributed by atoms with Crippen molar-refractivity contribution in [1.29, 1.82) is 0 Å². The summed E-state index contributed by atoms with van der Waals surface area (Å²) >= 11 is 1.48. The summed E-state index contributed by atoms with van der Waals surface area (Å²) in [7, 11) is 0. The summed E-state index contributed by atoms with van der Waals surface area (Å²) in [6, 6.07) is 4.58. The Morgan fingerprint density at radius 1 is 1.47 bits per heavy atom. The van der Waals surface area contributed by atoms with E-state index < -0.39 is 0 Å². The highest BCUT2D eigenvalue weighted by atomic mass is 32.1. The van der Waals surface area contributed by atoms with E-state index in [0.717, 1.165) is 5.01 Å². The summed E-state index contributed by atoms with van der Waals surface area (Å²) in [5.74, 6) is -0.608. The zero-order valence-electron chi connectivity index (χ0n) is 9.45. The summed E-state index contributed by atoms with van der Waals surface area (Å²) in [4.78, 5) is 15.1. The van der Waals surface area contributed by atoms with Gasteiger partial charge in [-0.05, 0) is 25.1 Å². The van der Waals surface area contributed by atoms with E-state index in [4.69, 9.17) is 0 Å². The third-order valence-electron chi connectivity index (χ3n) is 2.18. The lowest BCUT2D eigenvalue weighted by Gasteiger charge is -2.04. The van der Waals surface area contributed by atoms with Crippen molar-refractivity contribution < 1.29 is 9.18 Å². The number of nitrogens with one attached hydrogen (secondary N) is 1. The van der Waals surface area contributed by atoms with Crippen molar-refractivity contribution in [2.75, 3.05) is 5.32 Å². The molecule has 0 radical (unpaired) electrons. The Bertz CT molecular complexity index is 565. The van der Waals surface area contributed by atoms with Crippen LogP contribution in [0, 0.1) is 12.7 Å². The van der Waals surface area contributed by atoms with Gasteiger partial charge in [-0.2, -0.15) is 0 Å². The van der Waals surface area contributed by atoms with Crippen LogP contribution in [0.25, 0.3) is 11.3 Å². The molecule has 0 saturated carbocycles. The molecule has 2 rings (SSSR count). The molecule has 3 nitrogen and oxygen atoms in total. The lowest BCUT2D eigenvalue weighted by atomic mass is 10.1. The molecule has 0 aliphatic carbocycles. The Balaban J connectivity index is 2.34. The van der Waals surface area contributed by atoms with Crippen molar-refractivity contribution in [2.45, 2.75) is 13.8 Å². The maximum atomic E-state index is 13.8. The highest BCUT2D eigenvalue weighted by Gasteiger charge is 2.09. The van der Waals surface area contributed by atoms with Gasteiger partial charge in [-0.1, -0.05) is 0 Å². The predicted octanol–water partition coefficient (Wildman–Crippen LogP) is 3.22. The van der Waals surface area contributed by atoms with Gasteiger partial charge in [-0.3, -0.25) is 4.79 Å². The molecule has 0 atom stereocenters. The van der Waals surface area contributed by atoms with Crippen molar-refractivity contribution in [1.82, 2.24) is 4.98 Å². The van der Waals surface area contributed by atoms with E-state index in [9.17, 15) is 9.18 Å². The number of hydrogen-bond donors (Lipinski definition) is 1. The van der Waals surface area contributed by atoms with Gasteiger partial charge in [-0.25, -0.2) is 9.37 Å². The summed E-state index contributed by atoms with van der Waals surface area (Å²) in [6.07, 6.45) is 0. The minimum Gasteiger partial charge on any atom is -0.326 e. The van der Waals surface area contributed by atoms with Gasteiger partial charge >= 0.3 is 0 Å². The largest absolute Gasteiger partial charge is 0.326 e. The third-order valence-corrected chi connectivity index (χ3v) is 2.96. The number of benzene rings is 1. The fourth-order valence-electron chi connectivity index (χ4n) is 1.49. The fraction of sp³-hybridized carbons (Fsp3) is 0.167. The van der Waals surface area contributed by atoms with Crippen LogP contribution in [0.5, 0.6) is 0 Å². The molecule has 2 aromatic rings. The number of thiazole rings is 1. The first-order valence-electron chi connectivity index (χ1n) is 5.06. The molecule has 88 valence electrons. The van der Waals surface area contributed by atoms with E-state index in [0.29, 0.717) is 16.9 Å². The standard InChI is InChI=1S/C12H11FN2OS/c1-7(16)14-9-3-4-10(11(13)5-9)12-6-17-8(2)15-12/h3-6H,1-2H3,(H,14,16). The van der Waals surface area contributed by atoms with Crippen molar-refractivity contribution >= 4 is 22.9 Å². The van der Waals surface area contributed by atoms with Crippen molar-refractivity contribution in [2.24, 2.45) is 0 Å². The van der Waals surface area contributed by atoms with Crippen LogP contribution in [-0.2, 0) is 4.79 Å². The molecule has 0 fully saturated rings. The number of rotatable bonds is 2. The zero-order chi connectivity index (χ0) is 12.4. The van der Waals surface area contributed by atoms with Gasteiger partial charge in [0, 0.05) is 23.6 Å². The summed E-state index contributed by atoms with van der Waals surface area (Å²) in [5.41, 5.74) is 1.52. The Hall–Kier alpha value is -1.75. The molecule has 0 aliphatic heterocycles. The van der Waals surface area contributed by atoms with Crippen molar-refractivity contribution in [3.8, 4) is 11.3 Å². The molecule has 1 aromatic heterocycles. The molecule has 5 heteroatoms. The van der Waals surface area contributed by atoms with Crippen molar-refractivity contribution in [3.63, 3.8) is 0 Å². The summed E-state index contributed by atoms with van der Waals surface area (Å²) in [5, 5.41) is 5.24. The average molecular weight is 250 g/mol. The second-order valence-electron chi connectivity index (χ2n) is 3.63. The van der Waals surface area contributed by atoms with Crippen LogP contribution in [0.2, 0.25) is 0 Å². The summed E-state index contributed by atoms with van der Waals surface area (Å²) < 4.78 is 13.8. The predicted molar refractivity (Wildman–Crippen MR) is 66.5 cm³/mol. The number of aromatic nitrogens is 1. The van der Waals surface area contributed by atoms with Gasteiger partial charge in [0.1, 0.15) is 5.82 Å². The number of anilines is 1. The van der Waals surface area contributed by atoms with Gasteiger partial charge in [0.2, 0.25) is 5.91 Å². The van der Waals surface area contributed by atoms with E-state index in [1.54, 1.807) is 12.1 Å². The molecule has 0 spiro atoms. The molecule has 1 heterocycles. The molecule has 0 saturated heterocycles. The second kappa shape index (κ2) is 4.63. The molecular formula is C12H11FN2OS. The number of hydrogen-bond acceptors (Lipinski definition) is 3. The maximum Gasteiger partial charge on any atom is 0.221 e. The minimum absolute atomic E-state index is 0.221. The van der Waals surface area contributed by atoms with Gasteiger partial charge < -0.3 is 5.32 Å². The highest BCUT2D eigenvalue weighted by Crippen LogP contribution is 2.26. The van der Waals surface area contributed by atoms with Crippen LogP contribution < -0.4 is 5.32 Å².